The van der Waals surface area contributed by atoms with Crippen LogP contribution in [0.2, 0.25) is 0 Å². The first-order chi connectivity index (χ1) is 13.9. The molecule has 0 heterocycles. The monoisotopic (exact) mass is 418 g/mol. The van der Waals surface area contributed by atoms with Crippen molar-refractivity contribution < 1.29 is 19.0 Å². The van der Waals surface area contributed by atoms with Gasteiger partial charge in [-0.15, -0.1) is 0 Å². The van der Waals surface area contributed by atoms with E-state index in [1.807, 2.05) is 19.1 Å². The second kappa shape index (κ2) is 9.20. The van der Waals surface area contributed by atoms with E-state index in [2.05, 4.69) is 41.5 Å². The summed E-state index contributed by atoms with van der Waals surface area (Å²) in [6.45, 7) is 15.7. The first-order valence-electron chi connectivity index (χ1n) is 11.3. The zero-order valence-corrected chi connectivity index (χ0v) is 20.6. The highest BCUT2D eigenvalue weighted by molar-refractivity contribution is 5.96. The normalized spacial score (nSPS) is 17.5. The molecule has 1 aromatic rings. The number of benzene rings is 1. The van der Waals surface area contributed by atoms with Crippen molar-refractivity contribution in [1.29, 1.82) is 0 Å². The molecule has 1 atom stereocenters. The Morgan fingerprint density at radius 3 is 1.93 bits per heavy atom. The third kappa shape index (κ3) is 5.70. The van der Waals surface area contributed by atoms with E-state index in [4.69, 9.17) is 14.2 Å². The molecule has 1 fully saturated rings. The second-order valence-electron chi connectivity index (χ2n) is 11.0. The van der Waals surface area contributed by atoms with Crippen LogP contribution in [-0.4, -0.2) is 25.8 Å². The van der Waals surface area contributed by atoms with Gasteiger partial charge in [0.05, 0.1) is 14.2 Å². The van der Waals surface area contributed by atoms with Gasteiger partial charge in [0.1, 0.15) is 22.7 Å². The molecule has 170 valence electrons. The molecule has 1 aliphatic carbocycles. The Morgan fingerprint density at radius 1 is 1.03 bits per heavy atom. The van der Waals surface area contributed by atoms with Crippen molar-refractivity contribution in [2.75, 3.05) is 14.2 Å². The van der Waals surface area contributed by atoms with E-state index >= 15 is 0 Å². The van der Waals surface area contributed by atoms with Crippen molar-refractivity contribution in [2.45, 2.75) is 98.5 Å². The number of ether oxygens (including phenoxy) is 3. The topological polar surface area (TPSA) is 44.8 Å². The van der Waals surface area contributed by atoms with E-state index in [-0.39, 0.29) is 16.8 Å². The Hall–Kier alpha value is -1.71. The Balaban J connectivity index is 2.51. The molecular formula is C26H42O4. The molecule has 0 saturated heterocycles. The summed E-state index contributed by atoms with van der Waals surface area (Å²) in [5.74, 6) is 1.01. The molecule has 0 radical (unpaired) electrons. The summed E-state index contributed by atoms with van der Waals surface area (Å²) in [6, 6.07) is 4.04. The van der Waals surface area contributed by atoms with Crippen molar-refractivity contribution in [3.63, 3.8) is 0 Å². The van der Waals surface area contributed by atoms with Crippen LogP contribution in [0.5, 0.6) is 11.5 Å². The van der Waals surface area contributed by atoms with Gasteiger partial charge in [0, 0.05) is 0 Å². The highest BCUT2D eigenvalue weighted by Gasteiger charge is 2.37. The van der Waals surface area contributed by atoms with Crippen molar-refractivity contribution in [3.8, 4) is 11.5 Å². The molecule has 0 aliphatic heterocycles. The van der Waals surface area contributed by atoms with Gasteiger partial charge in [0.15, 0.2) is 0 Å². The maximum atomic E-state index is 13.1. The Labute approximate surface area is 183 Å². The summed E-state index contributed by atoms with van der Waals surface area (Å²) in [5.41, 5.74) is 1.41. The van der Waals surface area contributed by atoms with Gasteiger partial charge in [0.2, 0.25) is 0 Å². The minimum Gasteiger partial charge on any atom is -0.496 e. The molecule has 1 aromatic carbocycles. The summed E-state index contributed by atoms with van der Waals surface area (Å²) < 4.78 is 17.3. The average Bonchev–Trinajstić information content (AvgIpc) is 3.09. The average molecular weight is 419 g/mol. The van der Waals surface area contributed by atoms with Gasteiger partial charge in [0.25, 0.3) is 0 Å². The van der Waals surface area contributed by atoms with Crippen LogP contribution >= 0.6 is 0 Å². The molecule has 30 heavy (non-hydrogen) atoms. The summed E-state index contributed by atoms with van der Waals surface area (Å²) in [6.07, 6.45) is 6.08. The van der Waals surface area contributed by atoms with Gasteiger partial charge in [-0.3, -0.25) is 0 Å². The number of carbonyl (C=O) groups excluding carboxylic acids is 1. The molecule has 1 unspecified atom stereocenters. The third-order valence-electron chi connectivity index (χ3n) is 6.81. The standard InChI is InChI=1S/C26H42O4/c1-10-25(5,6)19(17-24(2,3)4)18-15-20(28-8)22(21(16-18)29-9)23(27)30-26(7)13-11-12-14-26/h15-16,19H,10-14,17H2,1-9H3. The minimum absolute atomic E-state index is 0.0999. The number of carbonyl (C=O) groups is 1. The van der Waals surface area contributed by atoms with Crippen LogP contribution in [0.15, 0.2) is 12.1 Å². The lowest BCUT2D eigenvalue weighted by molar-refractivity contribution is -0.00665. The van der Waals surface area contributed by atoms with E-state index in [9.17, 15) is 4.79 Å². The van der Waals surface area contributed by atoms with E-state index in [0.717, 1.165) is 44.1 Å². The molecule has 1 saturated carbocycles. The van der Waals surface area contributed by atoms with Gasteiger partial charge >= 0.3 is 5.97 Å². The molecule has 0 N–H and O–H groups in total. The van der Waals surface area contributed by atoms with Gasteiger partial charge in [-0.05, 0) is 73.5 Å². The fourth-order valence-corrected chi connectivity index (χ4v) is 4.54. The highest BCUT2D eigenvalue weighted by atomic mass is 16.6. The van der Waals surface area contributed by atoms with Crippen LogP contribution in [0.1, 0.15) is 109 Å². The van der Waals surface area contributed by atoms with Gasteiger partial charge in [-0.25, -0.2) is 4.79 Å². The molecule has 0 amide bonds. The lowest BCUT2D eigenvalue weighted by atomic mass is 9.67. The number of rotatable bonds is 8. The third-order valence-corrected chi connectivity index (χ3v) is 6.81. The minimum atomic E-state index is -0.398. The summed E-state index contributed by atoms with van der Waals surface area (Å²) in [5, 5.41) is 0. The van der Waals surface area contributed by atoms with Crippen LogP contribution in [-0.2, 0) is 4.74 Å². The van der Waals surface area contributed by atoms with Crippen molar-refractivity contribution >= 4 is 5.97 Å². The molecule has 0 bridgehead atoms. The summed E-state index contributed by atoms with van der Waals surface area (Å²) >= 11 is 0. The quantitative estimate of drug-likeness (QED) is 0.421. The van der Waals surface area contributed by atoms with Crippen molar-refractivity contribution in [1.82, 2.24) is 0 Å². The fourth-order valence-electron chi connectivity index (χ4n) is 4.54. The predicted octanol–water partition coefficient (Wildman–Crippen LogP) is 7.15. The number of esters is 1. The van der Waals surface area contributed by atoms with Crippen LogP contribution in [0, 0.1) is 10.8 Å². The van der Waals surface area contributed by atoms with E-state index < -0.39 is 5.60 Å². The van der Waals surface area contributed by atoms with E-state index in [1.54, 1.807) is 14.2 Å². The molecule has 4 heteroatoms. The second-order valence-corrected chi connectivity index (χ2v) is 11.0. The number of hydrogen-bond donors (Lipinski definition) is 0. The molecule has 2 rings (SSSR count). The zero-order chi connectivity index (χ0) is 22.7. The number of methoxy groups -OCH3 is 2. The summed E-state index contributed by atoms with van der Waals surface area (Å²) in [4.78, 5) is 13.1. The Morgan fingerprint density at radius 2 is 1.53 bits per heavy atom. The van der Waals surface area contributed by atoms with E-state index in [1.165, 1.54) is 0 Å². The lowest BCUT2D eigenvalue weighted by Crippen LogP contribution is -2.29. The lowest BCUT2D eigenvalue weighted by Gasteiger charge is -2.38. The van der Waals surface area contributed by atoms with Crippen molar-refractivity contribution in [3.05, 3.63) is 23.3 Å². The summed E-state index contributed by atoms with van der Waals surface area (Å²) in [7, 11) is 3.21. The zero-order valence-electron chi connectivity index (χ0n) is 20.6. The predicted molar refractivity (Wildman–Crippen MR) is 123 cm³/mol. The van der Waals surface area contributed by atoms with Crippen LogP contribution in [0.3, 0.4) is 0 Å². The van der Waals surface area contributed by atoms with Gasteiger partial charge in [-0.1, -0.05) is 48.0 Å². The van der Waals surface area contributed by atoms with Gasteiger partial charge in [-0.2, -0.15) is 0 Å². The fraction of sp³-hybridized carbons (Fsp3) is 0.731. The highest BCUT2D eigenvalue weighted by Crippen LogP contribution is 2.48. The Kier molecular flexibility index (Phi) is 7.53. The van der Waals surface area contributed by atoms with Crippen LogP contribution in [0.4, 0.5) is 0 Å². The maximum Gasteiger partial charge on any atom is 0.346 e. The molecule has 1 aliphatic rings. The van der Waals surface area contributed by atoms with Gasteiger partial charge < -0.3 is 14.2 Å². The molecule has 0 aromatic heterocycles. The largest absolute Gasteiger partial charge is 0.496 e. The van der Waals surface area contributed by atoms with Crippen LogP contribution < -0.4 is 9.47 Å². The molecule has 0 spiro atoms. The Bertz CT molecular complexity index is 711. The number of hydrogen-bond acceptors (Lipinski definition) is 4. The molecular weight excluding hydrogens is 376 g/mol. The smallest absolute Gasteiger partial charge is 0.346 e. The molecule has 4 nitrogen and oxygen atoms in total. The van der Waals surface area contributed by atoms with E-state index in [0.29, 0.717) is 23.0 Å². The first kappa shape index (κ1) is 24.6. The SMILES string of the molecule is CCC(C)(C)C(CC(C)(C)C)c1cc(OC)c(C(=O)OC2(C)CCCC2)c(OC)c1. The van der Waals surface area contributed by atoms with Crippen molar-refractivity contribution in [2.24, 2.45) is 10.8 Å². The van der Waals surface area contributed by atoms with Crippen LogP contribution in [0.25, 0.3) is 0 Å². The first-order valence-corrected chi connectivity index (χ1v) is 11.3. The maximum absolute atomic E-state index is 13.1.